The molecule has 80 valence electrons. The van der Waals surface area contributed by atoms with E-state index in [0.29, 0.717) is 13.2 Å². The van der Waals surface area contributed by atoms with Gasteiger partial charge in [0.1, 0.15) is 0 Å². The van der Waals surface area contributed by atoms with Crippen molar-refractivity contribution in [3.8, 4) is 0 Å². The number of hydrogen-bond donors (Lipinski definition) is 2. The molecule has 0 bridgehead atoms. The summed E-state index contributed by atoms with van der Waals surface area (Å²) >= 11 is 0. The Morgan fingerprint density at radius 3 is 2.08 bits per heavy atom. The zero-order chi connectivity index (χ0) is 10.5. The van der Waals surface area contributed by atoms with Gasteiger partial charge in [-0.1, -0.05) is 0 Å². The summed E-state index contributed by atoms with van der Waals surface area (Å²) in [6.45, 7) is 8.90. The van der Waals surface area contributed by atoms with Crippen LogP contribution in [0.5, 0.6) is 0 Å². The second kappa shape index (κ2) is 4.91. The summed E-state index contributed by atoms with van der Waals surface area (Å²) in [6, 6.07) is 0. The summed E-state index contributed by atoms with van der Waals surface area (Å²) in [7, 11) is 1.66. The number of hydrogen-bond acceptors (Lipinski definition) is 4. The van der Waals surface area contributed by atoms with Crippen LogP contribution in [0, 0.1) is 0 Å². The van der Waals surface area contributed by atoms with Crippen LogP contribution < -0.4 is 11.2 Å². The minimum absolute atomic E-state index is 0.181. The second-order valence-corrected chi connectivity index (χ2v) is 4.70. The number of ether oxygens (including phenoxy) is 1. The summed E-state index contributed by atoms with van der Waals surface area (Å²) in [6.07, 6.45) is 0. The molecule has 0 saturated heterocycles. The quantitative estimate of drug-likeness (QED) is 0.604. The highest BCUT2D eigenvalue weighted by molar-refractivity contribution is 4.74. The van der Waals surface area contributed by atoms with Crippen LogP contribution in [0.4, 0.5) is 0 Å². The lowest BCUT2D eigenvalue weighted by atomic mass is 10.1. The minimum atomic E-state index is -0.309. The van der Waals surface area contributed by atoms with E-state index in [1.807, 2.05) is 27.7 Å². The third-order valence-corrected chi connectivity index (χ3v) is 1.30. The van der Waals surface area contributed by atoms with E-state index in [1.54, 1.807) is 7.11 Å². The van der Waals surface area contributed by atoms with Gasteiger partial charge in [-0.3, -0.25) is 4.84 Å². The summed E-state index contributed by atoms with van der Waals surface area (Å²) in [5, 5.41) is 0. The molecule has 3 N–H and O–H groups in total. The third-order valence-electron chi connectivity index (χ3n) is 1.30. The summed E-state index contributed by atoms with van der Waals surface area (Å²) in [5.41, 5.74) is 8.16. The van der Waals surface area contributed by atoms with Crippen LogP contribution in [0.3, 0.4) is 0 Å². The van der Waals surface area contributed by atoms with Gasteiger partial charge in [-0.2, -0.15) is 5.48 Å². The van der Waals surface area contributed by atoms with E-state index in [1.165, 1.54) is 0 Å². The van der Waals surface area contributed by atoms with Crippen LogP contribution in [0.2, 0.25) is 0 Å². The standard InChI is InChI=1S/C9H22N2O2/c1-8(2,10)6-13-11-9(3,4)7-12-5/h11H,6-7,10H2,1-5H3. The van der Waals surface area contributed by atoms with E-state index in [9.17, 15) is 0 Å². The molecular weight excluding hydrogens is 168 g/mol. The molecule has 0 aromatic rings. The molecule has 0 aromatic heterocycles. The number of nitrogens with one attached hydrogen (secondary N) is 1. The molecule has 0 aliphatic rings. The lowest BCUT2D eigenvalue weighted by molar-refractivity contribution is -0.0510. The van der Waals surface area contributed by atoms with Crippen LogP contribution >= 0.6 is 0 Å². The van der Waals surface area contributed by atoms with Gasteiger partial charge in [-0.25, -0.2) is 0 Å². The van der Waals surface area contributed by atoms with Crippen molar-refractivity contribution in [2.75, 3.05) is 20.3 Å². The molecule has 0 fully saturated rings. The predicted octanol–water partition coefficient (Wildman–Crippen LogP) is 0.670. The van der Waals surface area contributed by atoms with Crippen molar-refractivity contribution in [1.29, 1.82) is 0 Å². The number of nitrogens with two attached hydrogens (primary N) is 1. The first-order chi connectivity index (χ1) is 5.77. The van der Waals surface area contributed by atoms with Crippen molar-refractivity contribution in [3.05, 3.63) is 0 Å². The Bertz CT molecular complexity index is 141. The van der Waals surface area contributed by atoms with Gasteiger partial charge in [-0.05, 0) is 27.7 Å². The molecule has 13 heavy (non-hydrogen) atoms. The minimum Gasteiger partial charge on any atom is -0.383 e. The molecular formula is C9H22N2O2. The van der Waals surface area contributed by atoms with E-state index in [0.717, 1.165) is 0 Å². The number of rotatable bonds is 6. The summed E-state index contributed by atoms with van der Waals surface area (Å²) in [5.74, 6) is 0. The van der Waals surface area contributed by atoms with E-state index in [4.69, 9.17) is 15.3 Å². The molecule has 0 spiro atoms. The third kappa shape index (κ3) is 8.18. The molecule has 0 unspecified atom stereocenters. The topological polar surface area (TPSA) is 56.5 Å². The monoisotopic (exact) mass is 190 g/mol. The smallest absolute Gasteiger partial charge is 0.0856 e. The van der Waals surface area contributed by atoms with Crippen LogP contribution in [-0.2, 0) is 9.57 Å². The molecule has 0 saturated carbocycles. The van der Waals surface area contributed by atoms with Gasteiger partial charge >= 0.3 is 0 Å². The maximum atomic E-state index is 5.74. The zero-order valence-electron chi connectivity index (χ0n) is 9.31. The first kappa shape index (κ1) is 12.8. The average molecular weight is 190 g/mol. The Morgan fingerprint density at radius 2 is 1.69 bits per heavy atom. The first-order valence-electron chi connectivity index (χ1n) is 4.44. The Morgan fingerprint density at radius 1 is 1.15 bits per heavy atom. The Balaban J connectivity index is 3.63. The maximum Gasteiger partial charge on any atom is 0.0856 e. The molecule has 0 heterocycles. The Kier molecular flexibility index (Phi) is 4.85. The highest BCUT2D eigenvalue weighted by Gasteiger charge is 2.19. The second-order valence-electron chi connectivity index (χ2n) is 4.70. The Hall–Kier alpha value is -0.160. The van der Waals surface area contributed by atoms with Crippen molar-refractivity contribution in [1.82, 2.24) is 5.48 Å². The molecule has 0 atom stereocenters. The molecule has 4 nitrogen and oxygen atoms in total. The number of hydroxylamine groups is 1. The molecule has 0 amide bonds. The summed E-state index contributed by atoms with van der Waals surface area (Å²) in [4.78, 5) is 5.26. The fraction of sp³-hybridized carbons (Fsp3) is 1.00. The van der Waals surface area contributed by atoms with E-state index < -0.39 is 0 Å². The van der Waals surface area contributed by atoms with E-state index >= 15 is 0 Å². The van der Waals surface area contributed by atoms with Gasteiger partial charge in [0.25, 0.3) is 0 Å². The fourth-order valence-electron chi connectivity index (χ4n) is 0.808. The first-order valence-corrected chi connectivity index (χ1v) is 4.44. The van der Waals surface area contributed by atoms with Gasteiger partial charge < -0.3 is 10.5 Å². The van der Waals surface area contributed by atoms with Crippen molar-refractivity contribution in [3.63, 3.8) is 0 Å². The largest absolute Gasteiger partial charge is 0.383 e. The van der Waals surface area contributed by atoms with Crippen molar-refractivity contribution in [2.45, 2.75) is 38.8 Å². The highest BCUT2D eigenvalue weighted by Crippen LogP contribution is 2.03. The number of methoxy groups -OCH3 is 1. The lowest BCUT2D eigenvalue weighted by Gasteiger charge is -2.27. The molecule has 0 radical (unpaired) electrons. The van der Waals surface area contributed by atoms with Crippen LogP contribution in [0.25, 0.3) is 0 Å². The molecule has 0 aliphatic heterocycles. The highest BCUT2D eigenvalue weighted by atomic mass is 16.6. The predicted molar refractivity (Wildman–Crippen MR) is 53.3 cm³/mol. The van der Waals surface area contributed by atoms with Crippen LogP contribution in [-0.4, -0.2) is 31.4 Å². The molecule has 4 heteroatoms. The van der Waals surface area contributed by atoms with Crippen molar-refractivity contribution >= 4 is 0 Å². The van der Waals surface area contributed by atoms with Crippen LogP contribution in [0.15, 0.2) is 0 Å². The maximum absolute atomic E-state index is 5.74. The van der Waals surface area contributed by atoms with Gasteiger partial charge in [-0.15, -0.1) is 0 Å². The lowest BCUT2D eigenvalue weighted by Crippen LogP contribution is -2.47. The molecule has 0 aliphatic carbocycles. The molecule has 0 rings (SSSR count). The summed E-state index contributed by atoms with van der Waals surface area (Å²) < 4.78 is 5.02. The van der Waals surface area contributed by atoms with Crippen molar-refractivity contribution < 1.29 is 9.57 Å². The van der Waals surface area contributed by atoms with E-state index in [-0.39, 0.29) is 11.1 Å². The van der Waals surface area contributed by atoms with Crippen LogP contribution in [0.1, 0.15) is 27.7 Å². The fourth-order valence-corrected chi connectivity index (χ4v) is 0.808. The molecule has 0 aromatic carbocycles. The van der Waals surface area contributed by atoms with Gasteiger partial charge in [0.15, 0.2) is 0 Å². The van der Waals surface area contributed by atoms with E-state index in [2.05, 4.69) is 5.48 Å². The van der Waals surface area contributed by atoms with Gasteiger partial charge in [0, 0.05) is 12.6 Å². The normalized spacial score (nSPS) is 13.4. The van der Waals surface area contributed by atoms with Gasteiger partial charge in [0.2, 0.25) is 0 Å². The average Bonchev–Trinajstić information content (AvgIpc) is 1.82. The van der Waals surface area contributed by atoms with Gasteiger partial charge in [0.05, 0.1) is 18.8 Å². The Labute approximate surface area is 80.7 Å². The SMILES string of the molecule is COCC(C)(C)NOCC(C)(C)N. The zero-order valence-corrected chi connectivity index (χ0v) is 9.31. The van der Waals surface area contributed by atoms with Crippen molar-refractivity contribution in [2.24, 2.45) is 5.73 Å².